The molecule has 0 saturated carbocycles. The summed E-state index contributed by atoms with van der Waals surface area (Å²) in [5, 5.41) is 0. The number of hydrogen-bond acceptors (Lipinski definition) is 4. The molecule has 0 spiro atoms. The Kier molecular flexibility index (Phi) is 5.20. The summed E-state index contributed by atoms with van der Waals surface area (Å²) in [7, 11) is 0. The van der Waals surface area contributed by atoms with E-state index in [2.05, 4.69) is 28.1 Å². The van der Waals surface area contributed by atoms with E-state index in [1.54, 1.807) is 12.4 Å². The lowest BCUT2D eigenvalue weighted by atomic mass is 9.97. The highest BCUT2D eigenvalue weighted by Gasteiger charge is 2.25. The average Bonchev–Trinajstić information content (AvgIpc) is 2.55. The van der Waals surface area contributed by atoms with Crippen molar-refractivity contribution < 1.29 is 14.3 Å². The molecule has 3 rings (SSSR count). The molecule has 2 aliphatic heterocycles. The highest BCUT2D eigenvalue weighted by atomic mass is 79.9. The van der Waals surface area contributed by atoms with Crippen molar-refractivity contribution in [1.82, 2.24) is 9.80 Å². The molecule has 1 amide bonds. The van der Waals surface area contributed by atoms with E-state index < -0.39 is 5.60 Å². The van der Waals surface area contributed by atoms with Gasteiger partial charge in [-0.25, -0.2) is 4.79 Å². The van der Waals surface area contributed by atoms with Crippen molar-refractivity contribution in [2.24, 2.45) is 0 Å². The summed E-state index contributed by atoms with van der Waals surface area (Å²) in [4.78, 5) is 15.5. The third kappa shape index (κ3) is 4.44. The van der Waals surface area contributed by atoms with Crippen LogP contribution < -0.4 is 0 Å². The van der Waals surface area contributed by atoms with E-state index in [1.165, 1.54) is 16.0 Å². The molecule has 0 N–H and O–H groups in total. The fraction of sp³-hybridized carbons (Fsp3) is 0.421. The van der Waals surface area contributed by atoms with Gasteiger partial charge >= 0.3 is 6.09 Å². The van der Waals surface area contributed by atoms with Gasteiger partial charge in [0.2, 0.25) is 0 Å². The normalized spacial score (nSPS) is 19.8. The molecule has 5 nitrogen and oxygen atoms in total. The number of ether oxygens (including phenoxy) is 2. The van der Waals surface area contributed by atoms with Crippen LogP contribution in [-0.4, -0.2) is 34.6 Å². The van der Waals surface area contributed by atoms with E-state index in [0.29, 0.717) is 13.2 Å². The molecule has 6 heteroatoms. The largest absolute Gasteiger partial charge is 0.443 e. The molecule has 2 aliphatic rings. The first kappa shape index (κ1) is 18.0. The molecule has 25 heavy (non-hydrogen) atoms. The minimum atomic E-state index is -0.511. The van der Waals surface area contributed by atoms with Crippen LogP contribution in [0.4, 0.5) is 4.79 Å². The number of carbonyl (C=O) groups is 1. The highest BCUT2D eigenvalue weighted by molar-refractivity contribution is 9.10. The first-order chi connectivity index (χ1) is 11.8. The fourth-order valence-electron chi connectivity index (χ4n) is 2.85. The Labute approximate surface area is 157 Å². The van der Waals surface area contributed by atoms with Gasteiger partial charge in [0.05, 0.1) is 13.2 Å². The average molecular weight is 407 g/mol. The molecule has 1 unspecified atom stereocenters. The quantitative estimate of drug-likeness (QED) is 0.721. The zero-order valence-electron chi connectivity index (χ0n) is 14.7. The lowest BCUT2D eigenvalue weighted by molar-refractivity contribution is 0.0288. The van der Waals surface area contributed by atoms with E-state index in [0.717, 1.165) is 10.9 Å². The van der Waals surface area contributed by atoms with Gasteiger partial charge in [0.25, 0.3) is 0 Å². The van der Waals surface area contributed by atoms with Gasteiger partial charge in [0.1, 0.15) is 11.7 Å². The van der Waals surface area contributed by atoms with Gasteiger partial charge in [0.15, 0.2) is 0 Å². The number of fused-ring (bicyclic) bond motifs is 1. The summed E-state index contributed by atoms with van der Waals surface area (Å²) in [5.74, 6) is 0. The summed E-state index contributed by atoms with van der Waals surface area (Å²) < 4.78 is 12.5. The first-order valence-corrected chi connectivity index (χ1v) is 9.15. The molecule has 2 heterocycles. The number of benzene rings is 1. The van der Waals surface area contributed by atoms with E-state index in [-0.39, 0.29) is 12.2 Å². The van der Waals surface area contributed by atoms with Crippen molar-refractivity contribution in [3.8, 4) is 0 Å². The predicted molar refractivity (Wildman–Crippen MR) is 99.6 cm³/mol. The van der Waals surface area contributed by atoms with Crippen molar-refractivity contribution in [3.05, 3.63) is 58.6 Å². The lowest BCUT2D eigenvalue weighted by Crippen LogP contribution is -2.33. The molecule has 1 aromatic carbocycles. The van der Waals surface area contributed by atoms with Gasteiger partial charge in [-0.15, -0.1) is 0 Å². The minimum absolute atomic E-state index is 0.00336. The summed E-state index contributed by atoms with van der Waals surface area (Å²) in [6, 6.07) is 6.23. The summed E-state index contributed by atoms with van der Waals surface area (Å²) in [5.41, 5.74) is 2.03. The summed E-state index contributed by atoms with van der Waals surface area (Å²) in [6.07, 6.45) is 7.67. The van der Waals surface area contributed by atoms with Gasteiger partial charge in [-0.2, -0.15) is 0 Å². The Hall–Kier alpha value is -1.79. The lowest BCUT2D eigenvalue weighted by Gasteiger charge is -2.32. The van der Waals surface area contributed by atoms with Crippen molar-refractivity contribution in [2.45, 2.75) is 38.9 Å². The number of halogens is 1. The third-order valence-corrected chi connectivity index (χ3v) is 4.73. The number of amides is 1. The van der Waals surface area contributed by atoms with Crippen LogP contribution >= 0.6 is 15.9 Å². The SMILES string of the molecule is CC(C)(C)OC(=O)N1C=CN(CC2OCCc3c(Br)cccc32)C=C1. The second-order valence-electron chi connectivity index (χ2n) is 7.10. The zero-order chi connectivity index (χ0) is 18.0. The Balaban J connectivity index is 1.64. The molecule has 1 aromatic rings. The molecule has 0 saturated heterocycles. The molecule has 0 aliphatic carbocycles. The Morgan fingerprint density at radius 3 is 2.68 bits per heavy atom. The van der Waals surface area contributed by atoms with E-state index in [4.69, 9.17) is 9.47 Å². The van der Waals surface area contributed by atoms with Crippen LogP contribution in [0.3, 0.4) is 0 Å². The number of hydrogen-bond donors (Lipinski definition) is 0. The van der Waals surface area contributed by atoms with E-state index >= 15 is 0 Å². The van der Waals surface area contributed by atoms with Gasteiger partial charge < -0.3 is 14.4 Å². The van der Waals surface area contributed by atoms with Crippen LogP contribution in [0, 0.1) is 0 Å². The molecule has 1 atom stereocenters. The van der Waals surface area contributed by atoms with Crippen LogP contribution in [0.5, 0.6) is 0 Å². The molecule has 134 valence electrons. The van der Waals surface area contributed by atoms with Crippen molar-refractivity contribution in [1.29, 1.82) is 0 Å². The standard InChI is InChI=1S/C19H23BrN2O3/c1-19(2,3)25-18(23)22-10-8-21(9-11-22)13-17-15-5-4-6-16(20)14(15)7-12-24-17/h4-6,8-11,17H,7,12-13H2,1-3H3. The smallest absolute Gasteiger partial charge is 0.418 e. The van der Waals surface area contributed by atoms with Gasteiger partial charge in [0, 0.05) is 29.3 Å². The van der Waals surface area contributed by atoms with E-state index in [9.17, 15) is 4.79 Å². The Morgan fingerprint density at radius 1 is 1.28 bits per heavy atom. The molecule has 0 bridgehead atoms. The van der Waals surface area contributed by atoms with Gasteiger partial charge in [-0.05, 0) is 44.4 Å². The monoisotopic (exact) mass is 406 g/mol. The minimum Gasteiger partial charge on any atom is -0.443 e. The van der Waals surface area contributed by atoms with Crippen LogP contribution in [-0.2, 0) is 15.9 Å². The Morgan fingerprint density at radius 2 is 2.00 bits per heavy atom. The highest BCUT2D eigenvalue weighted by Crippen LogP contribution is 2.32. The number of nitrogens with zero attached hydrogens (tertiary/aromatic N) is 2. The molecule has 0 fully saturated rings. The Bertz CT molecular complexity index is 695. The zero-order valence-corrected chi connectivity index (χ0v) is 16.3. The fourth-order valence-corrected chi connectivity index (χ4v) is 3.43. The predicted octanol–water partition coefficient (Wildman–Crippen LogP) is 4.56. The maximum Gasteiger partial charge on any atom is 0.418 e. The van der Waals surface area contributed by atoms with Crippen molar-refractivity contribution >= 4 is 22.0 Å². The first-order valence-electron chi connectivity index (χ1n) is 8.36. The maximum absolute atomic E-state index is 12.1. The van der Waals surface area contributed by atoms with Crippen molar-refractivity contribution in [2.75, 3.05) is 13.2 Å². The second-order valence-corrected chi connectivity index (χ2v) is 7.95. The number of carbonyl (C=O) groups excluding carboxylic acids is 1. The van der Waals surface area contributed by atoms with Crippen LogP contribution in [0.2, 0.25) is 0 Å². The molecule has 0 radical (unpaired) electrons. The van der Waals surface area contributed by atoms with Crippen LogP contribution in [0.25, 0.3) is 0 Å². The topological polar surface area (TPSA) is 42.0 Å². The van der Waals surface area contributed by atoms with Gasteiger partial charge in [-0.1, -0.05) is 28.1 Å². The molecule has 0 aromatic heterocycles. The van der Waals surface area contributed by atoms with E-state index in [1.807, 2.05) is 44.1 Å². The third-order valence-electron chi connectivity index (χ3n) is 3.99. The summed E-state index contributed by atoms with van der Waals surface area (Å²) >= 11 is 3.63. The van der Waals surface area contributed by atoms with Crippen LogP contribution in [0.15, 0.2) is 47.5 Å². The second kappa shape index (κ2) is 7.22. The number of rotatable bonds is 2. The van der Waals surface area contributed by atoms with Crippen molar-refractivity contribution in [3.63, 3.8) is 0 Å². The summed E-state index contributed by atoms with van der Waals surface area (Å²) in [6.45, 7) is 6.96. The van der Waals surface area contributed by atoms with Gasteiger partial charge in [-0.3, -0.25) is 4.90 Å². The van der Waals surface area contributed by atoms with Crippen LogP contribution in [0.1, 0.15) is 38.0 Å². The maximum atomic E-state index is 12.1. The molecular weight excluding hydrogens is 384 g/mol. The molecular formula is C19H23BrN2O3.